The zero-order valence-electron chi connectivity index (χ0n) is 34.2. The van der Waals surface area contributed by atoms with E-state index in [0.29, 0.717) is 51.1 Å². The summed E-state index contributed by atoms with van der Waals surface area (Å²) in [4.78, 5) is 87.8. The number of rotatable bonds is 23. The van der Waals surface area contributed by atoms with Crippen LogP contribution in [0.25, 0.3) is 22.2 Å². The molecule has 19 nitrogen and oxygen atoms in total. The summed E-state index contributed by atoms with van der Waals surface area (Å²) in [5, 5.41) is 12.0. The number of carbonyl (C=O) groups excluding carboxylic acids is 6. The molecule has 0 saturated carbocycles. The van der Waals surface area contributed by atoms with Crippen molar-refractivity contribution < 1.29 is 52.5 Å². The van der Waals surface area contributed by atoms with Gasteiger partial charge in [0, 0.05) is 53.1 Å². The Bertz CT molecular complexity index is 2460. The molecule has 1 saturated heterocycles. The van der Waals surface area contributed by atoms with Crippen molar-refractivity contribution in [3.05, 3.63) is 96.4 Å². The zero-order valence-corrected chi connectivity index (χ0v) is 34.2. The number of ether oxygens (including phenoxy) is 5. The number of nitrogens with zero attached hydrogens (tertiary/aromatic N) is 3. The Morgan fingerprint density at radius 1 is 0.746 bits per heavy atom. The van der Waals surface area contributed by atoms with Crippen LogP contribution in [-0.4, -0.2) is 127 Å². The number of hydrogen-bond acceptors (Lipinski definition) is 14. The molecule has 1 atom stereocenters. The van der Waals surface area contributed by atoms with Crippen molar-refractivity contribution >= 4 is 63.5 Å². The molecule has 63 heavy (non-hydrogen) atoms. The van der Waals surface area contributed by atoms with Crippen molar-refractivity contribution in [1.29, 1.82) is 0 Å². The zero-order chi connectivity index (χ0) is 44.0. The van der Waals surface area contributed by atoms with Crippen LogP contribution < -0.4 is 26.0 Å². The molecule has 2 aromatic heterocycles. The lowest BCUT2D eigenvalue weighted by atomic mass is 10.0. The minimum Gasteiger partial charge on any atom is -0.483 e. The molecule has 0 radical (unpaired) electrons. The maximum Gasteiger partial charge on any atom is 0.266 e. The maximum atomic E-state index is 13.2. The normalized spacial score (nSPS) is 14.7. The van der Waals surface area contributed by atoms with Crippen LogP contribution in [0.5, 0.6) is 5.75 Å². The fourth-order valence-electron chi connectivity index (χ4n) is 6.89. The smallest absolute Gasteiger partial charge is 0.266 e. The third-order valence-electron chi connectivity index (χ3n) is 9.90. The summed E-state index contributed by atoms with van der Waals surface area (Å²) in [6.07, 6.45) is 3.65. The predicted octanol–water partition coefficient (Wildman–Crippen LogP) is 3.36. The van der Waals surface area contributed by atoms with Crippen LogP contribution in [0.1, 0.15) is 40.0 Å². The van der Waals surface area contributed by atoms with Crippen molar-refractivity contribution in [2.45, 2.75) is 25.3 Å². The summed E-state index contributed by atoms with van der Waals surface area (Å²) in [6.45, 7) is 2.20. The third kappa shape index (κ3) is 11.7. The van der Waals surface area contributed by atoms with E-state index in [1.807, 2.05) is 54.7 Å². The highest BCUT2D eigenvalue weighted by Gasteiger charge is 2.46. The van der Waals surface area contributed by atoms with E-state index in [0.717, 1.165) is 32.7 Å². The Hall–Kier alpha value is -7.06. The van der Waals surface area contributed by atoms with Gasteiger partial charge in [0.15, 0.2) is 6.61 Å². The van der Waals surface area contributed by atoms with Crippen molar-refractivity contribution in [3.63, 3.8) is 0 Å². The van der Waals surface area contributed by atoms with Gasteiger partial charge in [-0.3, -0.25) is 39.0 Å². The molecule has 2 aliphatic heterocycles. The molecule has 1 fully saturated rings. The standard InChI is InChI=1S/C44H46N8O11/c53-38-12-11-35(42(56)51-38)52-43(57)31-8-4-10-36(41(31)44(52)58)63-26-40(55)45-14-16-60-18-20-62-22-21-61-19-17-59-15-13-39(54)50-29-6-3-5-28(23-29)49-37-24-34(47-27-48-37)32-25-46-33-9-2-1-7-30(32)33/h1-10,23-25,27,35,46H,11-22,26H2,(H,45,55)(H,50,54)(H,47,48,49)(H,51,53,56). The van der Waals surface area contributed by atoms with Gasteiger partial charge in [-0.05, 0) is 42.8 Å². The van der Waals surface area contributed by atoms with Crippen molar-refractivity contribution in [2.24, 2.45) is 0 Å². The van der Waals surface area contributed by atoms with Gasteiger partial charge < -0.3 is 44.6 Å². The second-order valence-corrected chi connectivity index (χ2v) is 14.3. The van der Waals surface area contributed by atoms with Crippen molar-refractivity contribution in [2.75, 3.05) is 76.6 Å². The predicted molar refractivity (Wildman–Crippen MR) is 227 cm³/mol. The summed E-state index contributed by atoms with van der Waals surface area (Å²) in [6, 6.07) is 20.6. The molecule has 328 valence electrons. The van der Waals surface area contributed by atoms with Crippen LogP contribution in [-0.2, 0) is 38.1 Å². The molecule has 6 amide bonds. The van der Waals surface area contributed by atoms with Gasteiger partial charge in [0.2, 0.25) is 17.7 Å². The largest absolute Gasteiger partial charge is 0.483 e. The first kappa shape index (κ1) is 44.0. The first-order valence-electron chi connectivity index (χ1n) is 20.4. The molecule has 0 spiro atoms. The van der Waals surface area contributed by atoms with Gasteiger partial charge >= 0.3 is 0 Å². The molecule has 0 aliphatic carbocycles. The van der Waals surface area contributed by atoms with Crippen molar-refractivity contribution in [3.8, 4) is 17.0 Å². The number of aromatic amines is 1. The first-order valence-corrected chi connectivity index (χ1v) is 20.4. The number of nitrogens with one attached hydrogen (secondary N) is 5. The Morgan fingerprint density at radius 3 is 2.27 bits per heavy atom. The van der Waals surface area contributed by atoms with E-state index in [9.17, 15) is 28.8 Å². The first-order chi connectivity index (χ1) is 30.7. The van der Waals surface area contributed by atoms with Gasteiger partial charge in [0.1, 0.15) is 23.9 Å². The summed E-state index contributed by atoms with van der Waals surface area (Å²) in [5.41, 5.74) is 4.19. The third-order valence-corrected chi connectivity index (χ3v) is 9.90. The molecule has 4 heterocycles. The number of hydrogen-bond donors (Lipinski definition) is 5. The molecule has 5 N–H and O–H groups in total. The fourth-order valence-corrected chi connectivity index (χ4v) is 6.89. The van der Waals surface area contributed by atoms with Crippen LogP contribution in [0.4, 0.5) is 17.2 Å². The monoisotopic (exact) mass is 862 g/mol. The van der Waals surface area contributed by atoms with Gasteiger partial charge in [0.05, 0.1) is 76.1 Å². The minimum absolute atomic E-state index is 0.00349. The molecular formula is C44H46N8O11. The van der Waals surface area contributed by atoms with Gasteiger partial charge in [-0.1, -0.05) is 30.3 Å². The Morgan fingerprint density at radius 2 is 1.48 bits per heavy atom. The van der Waals surface area contributed by atoms with Crippen LogP contribution >= 0.6 is 0 Å². The average molecular weight is 863 g/mol. The van der Waals surface area contributed by atoms with E-state index >= 15 is 0 Å². The van der Waals surface area contributed by atoms with E-state index in [1.54, 1.807) is 6.07 Å². The molecule has 0 bridgehead atoms. The highest BCUT2D eigenvalue weighted by atomic mass is 16.6. The molecule has 5 aromatic rings. The molecule has 2 aliphatic rings. The van der Waals surface area contributed by atoms with E-state index in [-0.39, 0.29) is 61.8 Å². The second kappa shape index (κ2) is 21.6. The highest BCUT2D eigenvalue weighted by molar-refractivity contribution is 6.24. The lowest BCUT2D eigenvalue weighted by molar-refractivity contribution is -0.136. The quantitative estimate of drug-likeness (QED) is 0.0468. The lowest BCUT2D eigenvalue weighted by Crippen LogP contribution is -2.54. The number of piperidine rings is 1. The number of aromatic nitrogens is 3. The number of anilines is 3. The van der Waals surface area contributed by atoms with E-state index < -0.39 is 42.2 Å². The second-order valence-electron chi connectivity index (χ2n) is 14.3. The van der Waals surface area contributed by atoms with Gasteiger partial charge in [-0.25, -0.2) is 9.97 Å². The minimum atomic E-state index is -1.11. The van der Waals surface area contributed by atoms with Gasteiger partial charge in [-0.15, -0.1) is 0 Å². The van der Waals surface area contributed by atoms with Crippen LogP contribution in [0.2, 0.25) is 0 Å². The number of carbonyl (C=O) groups is 6. The van der Waals surface area contributed by atoms with E-state index in [4.69, 9.17) is 23.7 Å². The van der Waals surface area contributed by atoms with Crippen LogP contribution in [0.15, 0.2) is 85.3 Å². The molecule has 19 heteroatoms. The van der Waals surface area contributed by atoms with Crippen molar-refractivity contribution in [1.82, 2.24) is 30.5 Å². The molecule has 3 aromatic carbocycles. The summed E-state index contributed by atoms with van der Waals surface area (Å²) in [5.74, 6) is -2.58. The maximum absolute atomic E-state index is 13.2. The number of fused-ring (bicyclic) bond motifs is 2. The number of amides is 6. The van der Waals surface area contributed by atoms with Gasteiger partial charge in [0.25, 0.3) is 17.7 Å². The Kier molecular flexibility index (Phi) is 15.1. The van der Waals surface area contributed by atoms with E-state index in [2.05, 4.69) is 36.2 Å². The lowest BCUT2D eigenvalue weighted by Gasteiger charge is -2.27. The number of H-pyrrole nitrogens is 1. The topological polar surface area (TPSA) is 241 Å². The van der Waals surface area contributed by atoms with Crippen LogP contribution in [0.3, 0.4) is 0 Å². The molecule has 7 rings (SSSR count). The Balaban J connectivity index is 0.682. The fraction of sp³-hybridized carbons (Fsp3) is 0.318. The highest BCUT2D eigenvalue weighted by Crippen LogP contribution is 2.34. The summed E-state index contributed by atoms with van der Waals surface area (Å²) in [7, 11) is 0. The number of benzene rings is 3. The van der Waals surface area contributed by atoms with Gasteiger partial charge in [-0.2, -0.15) is 0 Å². The number of imide groups is 2. The van der Waals surface area contributed by atoms with E-state index in [1.165, 1.54) is 24.5 Å². The summed E-state index contributed by atoms with van der Waals surface area (Å²) >= 11 is 0. The Labute approximate surface area is 361 Å². The number of para-hydroxylation sites is 1. The van der Waals surface area contributed by atoms with Crippen LogP contribution in [0, 0.1) is 0 Å². The molecular weight excluding hydrogens is 817 g/mol. The molecule has 1 unspecified atom stereocenters. The average Bonchev–Trinajstić information content (AvgIpc) is 3.82. The SMILES string of the molecule is O=C(COc1cccc2c1C(=O)N(C1CCC(=O)NC1=O)C2=O)NCCOCCOCCOCCOCCC(=O)Nc1cccc(Nc2cc(-c3c[nH]c4ccccc34)ncn2)c1. The summed E-state index contributed by atoms with van der Waals surface area (Å²) < 4.78 is 27.6.